The summed E-state index contributed by atoms with van der Waals surface area (Å²) in [6, 6.07) is 13.5. The van der Waals surface area contributed by atoms with Crippen LogP contribution in [-0.4, -0.2) is 29.3 Å². The van der Waals surface area contributed by atoms with Crippen molar-refractivity contribution in [3.63, 3.8) is 0 Å². The van der Waals surface area contributed by atoms with Crippen molar-refractivity contribution in [2.75, 3.05) is 6.61 Å². The van der Waals surface area contributed by atoms with Gasteiger partial charge in [-0.3, -0.25) is 30.6 Å². The van der Waals surface area contributed by atoms with Gasteiger partial charge in [-0.1, -0.05) is 12.1 Å². The molecule has 1 heterocycles. The van der Waals surface area contributed by atoms with Crippen LogP contribution in [0.2, 0.25) is 0 Å². The number of ether oxygens (including phenoxy) is 1. The zero-order valence-corrected chi connectivity index (χ0v) is 15.7. The maximum absolute atomic E-state index is 13.5. The topological polar surface area (TPSA) is 141 Å². The van der Waals surface area contributed by atoms with Gasteiger partial charge in [-0.2, -0.15) is 0 Å². The Kier molecular flexibility index (Phi) is 6.36. The van der Waals surface area contributed by atoms with Crippen molar-refractivity contribution < 1.29 is 32.9 Å². The second kappa shape index (κ2) is 9.31. The van der Waals surface area contributed by atoms with E-state index in [0.717, 1.165) is 6.07 Å². The molecule has 2 amide bonds. The van der Waals surface area contributed by atoms with E-state index in [1.165, 1.54) is 54.6 Å². The van der Waals surface area contributed by atoms with E-state index in [-0.39, 0.29) is 22.8 Å². The monoisotopic (exact) mass is 427 g/mol. The van der Waals surface area contributed by atoms with E-state index in [4.69, 9.17) is 9.15 Å². The zero-order valence-electron chi connectivity index (χ0n) is 15.7. The average Bonchev–Trinajstić information content (AvgIpc) is 3.26. The van der Waals surface area contributed by atoms with Gasteiger partial charge >= 0.3 is 5.97 Å². The highest BCUT2D eigenvalue weighted by molar-refractivity contribution is 5.96. The molecule has 0 aliphatic heterocycles. The Labute approximate surface area is 173 Å². The van der Waals surface area contributed by atoms with Crippen molar-refractivity contribution in [2.24, 2.45) is 0 Å². The van der Waals surface area contributed by atoms with E-state index >= 15 is 0 Å². The Morgan fingerprint density at radius 2 is 1.71 bits per heavy atom. The number of non-ortho nitro benzene ring substituents is 1. The number of esters is 1. The van der Waals surface area contributed by atoms with Crippen molar-refractivity contribution in [1.82, 2.24) is 10.9 Å². The van der Waals surface area contributed by atoms with E-state index in [0.29, 0.717) is 5.56 Å². The van der Waals surface area contributed by atoms with Gasteiger partial charge in [0, 0.05) is 17.7 Å². The van der Waals surface area contributed by atoms with Crippen LogP contribution in [0, 0.1) is 15.9 Å². The molecule has 0 radical (unpaired) electrons. The van der Waals surface area contributed by atoms with Crippen molar-refractivity contribution in [2.45, 2.75) is 0 Å². The zero-order chi connectivity index (χ0) is 22.4. The minimum atomic E-state index is -0.941. The van der Waals surface area contributed by atoms with Gasteiger partial charge in [0.1, 0.15) is 11.6 Å². The lowest BCUT2D eigenvalue weighted by molar-refractivity contribution is -0.384. The van der Waals surface area contributed by atoms with Crippen LogP contribution in [0.1, 0.15) is 20.9 Å². The standard InChI is InChI=1S/C20H14FN3O7/c21-15-4-2-1-3-14(15)19(26)23-22-18(25)11-30-20(27)17-10-9-16(31-17)12-5-7-13(8-6-12)24(28)29/h1-10H,11H2,(H,22,25)(H,23,26). The third-order valence-corrected chi connectivity index (χ3v) is 3.94. The second-order valence-electron chi connectivity index (χ2n) is 6.03. The van der Waals surface area contributed by atoms with Gasteiger partial charge in [-0.25, -0.2) is 9.18 Å². The van der Waals surface area contributed by atoms with Gasteiger partial charge in [-0.15, -0.1) is 0 Å². The highest BCUT2D eigenvalue weighted by atomic mass is 19.1. The minimum Gasteiger partial charge on any atom is -0.450 e. The van der Waals surface area contributed by atoms with E-state index in [1.54, 1.807) is 0 Å². The molecule has 0 atom stereocenters. The molecule has 158 valence electrons. The summed E-state index contributed by atoms with van der Waals surface area (Å²) in [6.07, 6.45) is 0. The predicted octanol–water partition coefficient (Wildman–Crippen LogP) is 2.61. The molecule has 1 aromatic heterocycles. The maximum Gasteiger partial charge on any atom is 0.374 e. The molecule has 11 heteroatoms. The largest absolute Gasteiger partial charge is 0.450 e. The molecule has 0 aliphatic rings. The number of hydrazine groups is 1. The first-order chi connectivity index (χ1) is 14.8. The summed E-state index contributed by atoms with van der Waals surface area (Å²) < 4.78 is 23.6. The number of amides is 2. The first-order valence-corrected chi connectivity index (χ1v) is 8.70. The molecular weight excluding hydrogens is 413 g/mol. The average molecular weight is 427 g/mol. The van der Waals surface area contributed by atoms with Crippen LogP contribution in [0.4, 0.5) is 10.1 Å². The molecule has 0 unspecified atom stereocenters. The summed E-state index contributed by atoms with van der Waals surface area (Å²) in [7, 11) is 0. The number of halogens is 1. The van der Waals surface area contributed by atoms with Crippen LogP contribution >= 0.6 is 0 Å². The molecule has 10 nitrogen and oxygen atoms in total. The van der Waals surface area contributed by atoms with Crippen molar-refractivity contribution in [3.05, 3.63) is 87.9 Å². The number of hydrogen-bond donors (Lipinski definition) is 2. The smallest absolute Gasteiger partial charge is 0.374 e. The van der Waals surface area contributed by atoms with Crippen LogP contribution in [0.5, 0.6) is 0 Å². The van der Waals surface area contributed by atoms with Gasteiger partial charge < -0.3 is 9.15 Å². The molecule has 31 heavy (non-hydrogen) atoms. The summed E-state index contributed by atoms with van der Waals surface area (Å²) in [6.45, 7) is -0.732. The van der Waals surface area contributed by atoms with E-state index in [9.17, 15) is 28.9 Å². The van der Waals surface area contributed by atoms with Crippen molar-refractivity contribution >= 4 is 23.5 Å². The summed E-state index contributed by atoms with van der Waals surface area (Å²) in [5.74, 6) is -3.37. The quantitative estimate of drug-likeness (QED) is 0.350. The van der Waals surface area contributed by atoms with Gasteiger partial charge in [0.05, 0.1) is 10.5 Å². The number of carbonyl (C=O) groups is 3. The normalized spacial score (nSPS) is 10.2. The lowest BCUT2D eigenvalue weighted by atomic mass is 10.1. The number of furan rings is 1. The number of hydrogen-bond acceptors (Lipinski definition) is 7. The van der Waals surface area contributed by atoms with Crippen LogP contribution in [0.15, 0.2) is 65.1 Å². The fourth-order valence-electron chi connectivity index (χ4n) is 2.43. The van der Waals surface area contributed by atoms with Gasteiger partial charge in [0.25, 0.3) is 17.5 Å². The summed E-state index contributed by atoms with van der Waals surface area (Å²) in [4.78, 5) is 45.7. The van der Waals surface area contributed by atoms with Crippen LogP contribution in [-0.2, 0) is 9.53 Å². The van der Waals surface area contributed by atoms with Crippen LogP contribution < -0.4 is 10.9 Å². The minimum absolute atomic E-state index is 0.0944. The first kappa shape index (κ1) is 21.2. The van der Waals surface area contributed by atoms with Crippen molar-refractivity contribution in [3.8, 4) is 11.3 Å². The fourth-order valence-corrected chi connectivity index (χ4v) is 2.43. The molecule has 3 rings (SSSR count). The predicted molar refractivity (Wildman–Crippen MR) is 103 cm³/mol. The van der Waals surface area contributed by atoms with Crippen LogP contribution in [0.3, 0.4) is 0 Å². The Morgan fingerprint density at radius 1 is 1.00 bits per heavy atom. The highest BCUT2D eigenvalue weighted by Gasteiger charge is 2.17. The highest BCUT2D eigenvalue weighted by Crippen LogP contribution is 2.24. The van der Waals surface area contributed by atoms with E-state index in [1.807, 2.05) is 10.9 Å². The molecule has 0 bridgehead atoms. The number of carbonyl (C=O) groups excluding carboxylic acids is 3. The maximum atomic E-state index is 13.5. The third kappa shape index (κ3) is 5.29. The van der Waals surface area contributed by atoms with Gasteiger partial charge in [0.2, 0.25) is 5.76 Å². The number of nitro groups is 1. The number of benzene rings is 2. The Hall–Kier alpha value is -4.54. The summed E-state index contributed by atoms with van der Waals surface area (Å²) in [5.41, 5.74) is 4.13. The number of nitro benzene ring substituents is 1. The summed E-state index contributed by atoms with van der Waals surface area (Å²) in [5, 5.41) is 10.7. The Balaban J connectivity index is 1.50. The molecule has 2 N–H and O–H groups in total. The van der Waals surface area contributed by atoms with Crippen molar-refractivity contribution in [1.29, 1.82) is 0 Å². The fraction of sp³-hybridized carbons (Fsp3) is 0.0500. The molecule has 2 aromatic carbocycles. The number of rotatable bonds is 6. The third-order valence-electron chi connectivity index (χ3n) is 3.94. The Morgan fingerprint density at radius 3 is 2.39 bits per heavy atom. The molecule has 0 saturated carbocycles. The Bertz CT molecular complexity index is 1140. The molecule has 0 saturated heterocycles. The lowest BCUT2D eigenvalue weighted by Gasteiger charge is -2.08. The van der Waals surface area contributed by atoms with E-state index in [2.05, 4.69) is 0 Å². The molecule has 0 fully saturated rings. The SMILES string of the molecule is O=C(COC(=O)c1ccc(-c2ccc([N+](=O)[O-])cc2)o1)NNC(=O)c1ccccc1F. The second-order valence-corrected chi connectivity index (χ2v) is 6.03. The molecule has 0 aliphatic carbocycles. The van der Waals surface area contributed by atoms with Crippen LogP contribution in [0.25, 0.3) is 11.3 Å². The summed E-state index contributed by atoms with van der Waals surface area (Å²) >= 11 is 0. The molecular formula is C20H14FN3O7. The number of nitrogens with zero attached hydrogens (tertiary/aromatic N) is 1. The first-order valence-electron chi connectivity index (χ1n) is 8.70. The van der Waals surface area contributed by atoms with Gasteiger partial charge in [0.15, 0.2) is 6.61 Å². The molecule has 0 spiro atoms. The molecule has 3 aromatic rings. The lowest BCUT2D eigenvalue weighted by Crippen LogP contribution is -2.43. The van der Waals surface area contributed by atoms with Gasteiger partial charge in [-0.05, 0) is 36.4 Å². The van der Waals surface area contributed by atoms with E-state index < -0.39 is 35.1 Å². The number of nitrogens with one attached hydrogen (secondary N) is 2.